The molecule has 0 unspecified atom stereocenters. The van der Waals surface area contributed by atoms with Crippen LogP contribution in [0.2, 0.25) is 0 Å². The second-order valence-corrected chi connectivity index (χ2v) is 2.05. The minimum atomic E-state index is 0.0694. The van der Waals surface area contributed by atoms with Gasteiger partial charge in [-0.15, -0.1) is 0 Å². The summed E-state index contributed by atoms with van der Waals surface area (Å²) in [6.45, 7) is 1.63. The van der Waals surface area contributed by atoms with Crippen molar-refractivity contribution < 1.29 is 4.79 Å². The largest absolute Gasteiger partial charge is 0.389 e. The third-order valence-electron chi connectivity index (χ3n) is 1.31. The number of likely N-dealkylation sites (N-methyl/N-ethyl adjacent to an activating group) is 1. The van der Waals surface area contributed by atoms with Gasteiger partial charge in [-0.1, -0.05) is 0 Å². The molecule has 0 saturated carbocycles. The molecule has 0 fully saturated rings. The zero-order valence-corrected chi connectivity index (χ0v) is 5.42. The summed E-state index contributed by atoms with van der Waals surface area (Å²) in [6.07, 6.45) is 3.22. The van der Waals surface area contributed by atoms with Crippen molar-refractivity contribution in [1.82, 2.24) is 10.2 Å². The van der Waals surface area contributed by atoms with Gasteiger partial charge in [-0.25, -0.2) is 0 Å². The molecule has 0 bridgehead atoms. The molecule has 0 atom stereocenters. The lowest BCUT2D eigenvalue weighted by Gasteiger charge is -2.10. The molecule has 50 valence electrons. The van der Waals surface area contributed by atoms with Crippen LogP contribution in [0.25, 0.3) is 0 Å². The van der Waals surface area contributed by atoms with E-state index >= 15 is 0 Å². The average Bonchev–Trinajstić information content (AvgIpc) is 1.99. The van der Waals surface area contributed by atoms with E-state index in [4.69, 9.17) is 0 Å². The van der Waals surface area contributed by atoms with Gasteiger partial charge in [0.2, 0.25) is 5.91 Å². The first kappa shape index (κ1) is 6.13. The van der Waals surface area contributed by atoms with Crippen molar-refractivity contribution in [3.8, 4) is 0 Å². The van der Waals surface area contributed by atoms with Crippen LogP contribution in [0.5, 0.6) is 0 Å². The fourth-order valence-corrected chi connectivity index (χ4v) is 0.683. The maximum atomic E-state index is 10.8. The fraction of sp³-hybridized carbons (Fsp3) is 0.500. The molecule has 9 heavy (non-hydrogen) atoms. The molecular weight excluding hydrogens is 116 g/mol. The maximum Gasteiger partial charge on any atom is 0.247 e. The molecule has 0 aromatic carbocycles. The lowest BCUT2D eigenvalue weighted by molar-refractivity contribution is -0.124. The Morgan fingerprint density at radius 3 is 3.33 bits per heavy atom. The summed E-state index contributed by atoms with van der Waals surface area (Å²) in [7, 11) is 1.79. The molecule has 0 spiro atoms. The highest BCUT2D eigenvalue weighted by Crippen LogP contribution is 1.88. The molecule has 0 aliphatic carbocycles. The van der Waals surface area contributed by atoms with Crippen molar-refractivity contribution >= 4 is 5.91 Å². The number of nitrogens with one attached hydrogen (secondary N) is 1. The number of carbonyl (C=O) groups is 1. The van der Waals surface area contributed by atoms with E-state index in [1.54, 1.807) is 18.1 Å². The van der Waals surface area contributed by atoms with Crippen molar-refractivity contribution in [3.63, 3.8) is 0 Å². The number of amides is 1. The Hall–Kier alpha value is -0.990. The van der Waals surface area contributed by atoms with Crippen LogP contribution in [-0.2, 0) is 4.79 Å². The number of hydrogen-bond acceptors (Lipinski definition) is 2. The molecule has 1 aliphatic heterocycles. The number of rotatable bonds is 0. The first-order valence-electron chi connectivity index (χ1n) is 2.96. The van der Waals surface area contributed by atoms with Crippen molar-refractivity contribution in [2.75, 3.05) is 20.1 Å². The van der Waals surface area contributed by atoms with E-state index < -0.39 is 0 Å². The molecule has 1 N–H and O–H groups in total. The predicted molar refractivity (Wildman–Crippen MR) is 34.8 cm³/mol. The normalized spacial score (nSPS) is 19.2. The second kappa shape index (κ2) is 2.53. The standard InChI is InChI=1S/C6H10N2O/c1-8-5-4-7-3-2-6(8)9/h2-3,7H,4-5H2,1H3. The van der Waals surface area contributed by atoms with E-state index in [2.05, 4.69) is 5.32 Å². The summed E-state index contributed by atoms with van der Waals surface area (Å²) in [5.74, 6) is 0.0694. The molecule has 0 aromatic heterocycles. The third-order valence-corrected chi connectivity index (χ3v) is 1.31. The zero-order valence-electron chi connectivity index (χ0n) is 5.42. The summed E-state index contributed by atoms with van der Waals surface area (Å²) in [6, 6.07) is 0. The molecule has 1 heterocycles. The van der Waals surface area contributed by atoms with Crippen LogP contribution in [0.4, 0.5) is 0 Å². The zero-order chi connectivity index (χ0) is 6.69. The van der Waals surface area contributed by atoms with Gasteiger partial charge in [0, 0.05) is 32.4 Å². The molecule has 0 radical (unpaired) electrons. The van der Waals surface area contributed by atoms with E-state index in [0.29, 0.717) is 0 Å². The van der Waals surface area contributed by atoms with E-state index in [1.807, 2.05) is 0 Å². The smallest absolute Gasteiger partial charge is 0.247 e. The third kappa shape index (κ3) is 1.45. The SMILES string of the molecule is CN1CCNC=CC1=O. The van der Waals surface area contributed by atoms with E-state index in [0.717, 1.165) is 13.1 Å². The van der Waals surface area contributed by atoms with E-state index in [-0.39, 0.29) is 5.91 Å². The molecule has 1 amide bonds. The van der Waals surface area contributed by atoms with Crippen molar-refractivity contribution in [3.05, 3.63) is 12.3 Å². The number of carbonyl (C=O) groups excluding carboxylic acids is 1. The van der Waals surface area contributed by atoms with Gasteiger partial charge in [-0.2, -0.15) is 0 Å². The average molecular weight is 126 g/mol. The summed E-state index contributed by atoms with van der Waals surface area (Å²) in [5.41, 5.74) is 0. The van der Waals surface area contributed by atoms with Gasteiger partial charge < -0.3 is 10.2 Å². The topological polar surface area (TPSA) is 32.3 Å². The predicted octanol–water partition coefficient (Wildman–Crippen LogP) is -0.438. The minimum absolute atomic E-state index is 0.0694. The van der Waals surface area contributed by atoms with Gasteiger partial charge in [-0.3, -0.25) is 4.79 Å². The first-order valence-corrected chi connectivity index (χ1v) is 2.96. The summed E-state index contributed by atoms with van der Waals surface area (Å²) < 4.78 is 0. The van der Waals surface area contributed by atoms with Crippen LogP contribution in [0.15, 0.2) is 12.3 Å². The number of hydrogen-bond donors (Lipinski definition) is 1. The first-order chi connectivity index (χ1) is 4.30. The Labute approximate surface area is 54.3 Å². The Balaban J connectivity index is 2.57. The van der Waals surface area contributed by atoms with Gasteiger partial charge in [0.25, 0.3) is 0 Å². The Morgan fingerprint density at radius 2 is 2.56 bits per heavy atom. The minimum Gasteiger partial charge on any atom is -0.389 e. The molecule has 1 aliphatic rings. The van der Waals surface area contributed by atoms with E-state index in [1.165, 1.54) is 6.08 Å². The van der Waals surface area contributed by atoms with Crippen LogP contribution < -0.4 is 5.32 Å². The van der Waals surface area contributed by atoms with Crippen LogP contribution in [-0.4, -0.2) is 30.9 Å². The quantitative estimate of drug-likeness (QED) is 0.477. The second-order valence-electron chi connectivity index (χ2n) is 2.05. The van der Waals surface area contributed by atoms with Crippen LogP contribution in [0.1, 0.15) is 0 Å². The van der Waals surface area contributed by atoms with Gasteiger partial charge in [0.05, 0.1) is 0 Å². The highest BCUT2D eigenvalue weighted by molar-refractivity contribution is 5.87. The molecule has 0 saturated heterocycles. The van der Waals surface area contributed by atoms with E-state index in [9.17, 15) is 4.79 Å². The van der Waals surface area contributed by atoms with Crippen molar-refractivity contribution in [1.29, 1.82) is 0 Å². The van der Waals surface area contributed by atoms with Gasteiger partial charge in [0.1, 0.15) is 0 Å². The molecule has 1 rings (SSSR count). The van der Waals surface area contributed by atoms with Gasteiger partial charge in [0.15, 0.2) is 0 Å². The monoisotopic (exact) mass is 126 g/mol. The fourth-order valence-electron chi connectivity index (χ4n) is 0.683. The van der Waals surface area contributed by atoms with Crippen LogP contribution in [0.3, 0.4) is 0 Å². The summed E-state index contributed by atoms with van der Waals surface area (Å²) in [4.78, 5) is 12.5. The maximum absolute atomic E-state index is 10.8. The van der Waals surface area contributed by atoms with Gasteiger partial charge >= 0.3 is 0 Å². The van der Waals surface area contributed by atoms with Crippen molar-refractivity contribution in [2.45, 2.75) is 0 Å². The highest BCUT2D eigenvalue weighted by atomic mass is 16.2. The summed E-state index contributed by atoms with van der Waals surface area (Å²) >= 11 is 0. The lowest BCUT2D eigenvalue weighted by Crippen LogP contribution is -2.28. The lowest BCUT2D eigenvalue weighted by atomic mass is 10.5. The number of nitrogens with zero attached hydrogens (tertiary/aromatic N) is 1. The molecule has 3 heteroatoms. The molecule has 0 aromatic rings. The molecule has 3 nitrogen and oxygen atoms in total. The van der Waals surface area contributed by atoms with Crippen LogP contribution >= 0.6 is 0 Å². The Morgan fingerprint density at radius 1 is 1.78 bits per heavy atom. The molecular formula is C6H10N2O. The van der Waals surface area contributed by atoms with Crippen molar-refractivity contribution in [2.24, 2.45) is 0 Å². The van der Waals surface area contributed by atoms with Crippen LogP contribution in [0, 0.1) is 0 Å². The van der Waals surface area contributed by atoms with Gasteiger partial charge in [-0.05, 0) is 0 Å². The highest BCUT2D eigenvalue weighted by Gasteiger charge is 2.04. The summed E-state index contributed by atoms with van der Waals surface area (Å²) in [5, 5.41) is 2.97. The Kier molecular flexibility index (Phi) is 1.72. The Bertz CT molecular complexity index is 142.